The second-order valence-electron chi connectivity index (χ2n) is 7.07. The van der Waals surface area contributed by atoms with Gasteiger partial charge in [-0.2, -0.15) is 0 Å². The zero-order chi connectivity index (χ0) is 16.9. The Labute approximate surface area is 143 Å². The molecule has 0 aromatic heterocycles. The number of hydrogen-bond acceptors (Lipinski definition) is 3. The molecular formula is C19H28N2O3. The van der Waals surface area contributed by atoms with Crippen LogP contribution in [0.2, 0.25) is 0 Å². The summed E-state index contributed by atoms with van der Waals surface area (Å²) in [6, 6.07) is 8.37. The van der Waals surface area contributed by atoms with Crippen LogP contribution >= 0.6 is 0 Å². The molecule has 0 spiro atoms. The van der Waals surface area contributed by atoms with E-state index in [1.165, 1.54) is 5.56 Å². The van der Waals surface area contributed by atoms with Gasteiger partial charge in [0.05, 0.1) is 12.1 Å². The van der Waals surface area contributed by atoms with Crippen LogP contribution in [0.5, 0.6) is 0 Å². The van der Waals surface area contributed by atoms with Crippen LogP contribution in [0.1, 0.15) is 55.8 Å². The first kappa shape index (κ1) is 17.2. The molecule has 1 aromatic rings. The quantitative estimate of drug-likeness (QED) is 0.797. The number of hydrogen-bond donors (Lipinski definition) is 3. The van der Waals surface area contributed by atoms with E-state index in [0.29, 0.717) is 0 Å². The SMILES string of the molecule is Cc1ccc([C@@H]2OCCC[C@@H]2NC(=O)NC2CCC(O)CC2)cc1. The van der Waals surface area contributed by atoms with E-state index >= 15 is 0 Å². The average Bonchev–Trinajstić information content (AvgIpc) is 2.58. The van der Waals surface area contributed by atoms with Crippen molar-refractivity contribution < 1.29 is 14.6 Å². The summed E-state index contributed by atoms with van der Waals surface area (Å²) in [5.74, 6) is 0. The Kier molecular flexibility index (Phi) is 5.74. The number of ether oxygens (including phenoxy) is 1. The van der Waals surface area contributed by atoms with Crippen molar-refractivity contribution >= 4 is 6.03 Å². The van der Waals surface area contributed by atoms with Crippen molar-refractivity contribution in [1.82, 2.24) is 10.6 Å². The van der Waals surface area contributed by atoms with Gasteiger partial charge in [-0.3, -0.25) is 0 Å². The van der Waals surface area contributed by atoms with Crippen LogP contribution in [0, 0.1) is 6.92 Å². The molecule has 5 nitrogen and oxygen atoms in total. The molecule has 1 saturated heterocycles. The van der Waals surface area contributed by atoms with Crippen LogP contribution in [0.3, 0.4) is 0 Å². The third-order valence-corrected chi connectivity index (χ3v) is 5.08. The largest absolute Gasteiger partial charge is 0.393 e. The Morgan fingerprint density at radius 2 is 1.79 bits per heavy atom. The first-order valence-electron chi connectivity index (χ1n) is 9.05. The number of aliphatic hydroxyl groups excluding tert-OH is 1. The third kappa shape index (κ3) is 4.48. The number of carbonyl (C=O) groups excluding carboxylic acids is 1. The minimum Gasteiger partial charge on any atom is -0.393 e. The summed E-state index contributed by atoms with van der Waals surface area (Å²) in [6.07, 6.45) is 4.82. The lowest BCUT2D eigenvalue weighted by molar-refractivity contribution is -0.00760. The van der Waals surface area contributed by atoms with Crippen LogP contribution in [0.15, 0.2) is 24.3 Å². The number of carbonyl (C=O) groups is 1. The molecule has 1 saturated carbocycles. The zero-order valence-corrected chi connectivity index (χ0v) is 14.3. The lowest BCUT2D eigenvalue weighted by Crippen LogP contribution is -2.50. The Morgan fingerprint density at radius 3 is 2.50 bits per heavy atom. The monoisotopic (exact) mass is 332 g/mol. The van der Waals surface area contributed by atoms with Gasteiger partial charge in [-0.25, -0.2) is 4.79 Å². The molecule has 1 heterocycles. The van der Waals surface area contributed by atoms with E-state index in [9.17, 15) is 9.90 Å². The van der Waals surface area contributed by atoms with Crippen LogP contribution < -0.4 is 10.6 Å². The molecular weight excluding hydrogens is 304 g/mol. The summed E-state index contributed by atoms with van der Waals surface area (Å²) >= 11 is 0. The van der Waals surface area contributed by atoms with Gasteiger partial charge in [0.1, 0.15) is 6.10 Å². The number of amides is 2. The van der Waals surface area contributed by atoms with Gasteiger partial charge in [-0.15, -0.1) is 0 Å². The van der Waals surface area contributed by atoms with Crippen molar-refractivity contribution in [3.63, 3.8) is 0 Å². The van der Waals surface area contributed by atoms with E-state index in [-0.39, 0.29) is 30.3 Å². The predicted molar refractivity (Wildman–Crippen MR) is 92.8 cm³/mol. The van der Waals surface area contributed by atoms with Crippen LogP contribution in [0.25, 0.3) is 0 Å². The fourth-order valence-corrected chi connectivity index (χ4v) is 3.63. The second-order valence-corrected chi connectivity index (χ2v) is 7.07. The number of aliphatic hydroxyl groups is 1. The molecule has 5 heteroatoms. The topological polar surface area (TPSA) is 70.6 Å². The maximum Gasteiger partial charge on any atom is 0.315 e. The summed E-state index contributed by atoms with van der Waals surface area (Å²) < 4.78 is 5.95. The lowest BCUT2D eigenvalue weighted by Gasteiger charge is -2.34. The fourth-order valence-electron chi connectivity index (χ4n) is 3.63. The summed E-state index contributed by atoms with van der Waals surface area (Å²) in [5, 5.41) is 15.7. The molecule has 132 valence electrons. The molecule has 2 amide bonds. The summed E-state index contributed by atoms with van der Waals surface area (Å²) in [6.45, 7) is 2.80. The highest BCUT2D eigenvalue weighted by atomic mass is 16.5. The first-order chi connectivity index (χ1) is 11.6. The Bertz CT molecular complexity index is 538. The lowest BCUT2D eigenvalue weighted by atomic mass is 9.93. The van der Waals surface area contributed by atoms with E-state index in [0.717, 1.165) is 50.7 Å². The molecule has 0 unspecified atom stereocenters. The maximum absolute atomic E-state index is 12.4. The molecule has 3 N–H and O–H groups in total. The summed E-state index contributed by atoms with van der Waals surface area (Å²) in [7, 11) is 0. The van der Waals surface area contributed by atoms with Crippen molar-refractivity contribution in [3.8, 4) is 0 Å². The standard InChI is InChI=1S/C19H28N2O3/c1-13-4-6-14(7-5-13)18-17(3-2-12-24-18)21-19(23)20-15-8-10-16(22)11-9-15/h4-7,15-18,22H,2-3,8-12H2,1H3,(H2,20,21,23)/t15?,16?,17-,18-/m0/s1. The highest BCUT2D eigenvalue weighted by Gasteiger charge is 2.29. The highest BCUT2D eigenvalue weighted by Crippen LogP contribution is 2.28. The smallest absolute Gasteiger partial charge is 0.315 e. The van der Waals surface area contributed by atoms with Gasteiger partial charge in [0, 0.05) is 12.6 Å². The van der Waals surface area contributed by atoms with E-state index in [2.05, 4.69) is 41.8 Å². The molecule has 1 aliphatic carbocycles. The van der Waals surface area contributed by atoms with E-state index < -0.39 is 0 Å². The molecule has 24 heavy (non-hydrogen) atoms. The number of benzene rings is 1. The van der Waals surface area contributed by atoms with Gasteiger partial charge in [-0.05, 0) is 51.0 Å². The number of urea groups is 1. The normalized spacial score (nSPS) is 30.6. The number of nitrogens with one attached hydrogen (secondary N) is 2. The Morgan fingerprint density at radius 1 is 1.08 bits per heavy atom. The molecule has 3 rings (SSSR count). The van der Waals surface area contributed by atoms with Gasteiger partial charge in [0.15, 0.2) is 0 Å². The van der Waals surface area contributed by atoms with Crippen molar-refractivity contribution in [3.05, 3.63) is 35.4 Å². The number of aryl methyl sites for hydroxylation is 1. The van der Waals surface area contributed by atoms with Crippen molar-refractivity contribution in [1.29, 1.82) is 0 Å². The molecule has 2 fully saturated rings. The van der Waals surface area contributed by atoms with Crippen LogP contribution in [-0.2, 0) is 4.74 Å². The summed E-state index contributed by atoms with van der Waals surface area (Å²) in [5.41, 5.74) is 2.34. The Hall–Kier alpha value is -1.59. The zero-order valence-electron chi connectivity index (χ0n) is 14.3. The van der Waals surface area contributed by atoms with Crippen molar-refractivity contribution in [2.45, 2.75) is 69.7 Å². The molecule has 0 radical (unpaired) electrons. The van der Waals surface area contributed by atoms with Crippen LogP contribution in [0.4, 0.5) is 4.79 Å². The van der Waals surface area contributed by atoms with Crippen molar-refractivity contribution in [2.75, 3.05) is 6.61 Å². The predicted octanol–water partition coefficient (Wildman–Crippen LogP) is 2.82. The van der Waals surface area contributed by atoms with Gasteiger partial charge < -0.3 is 20.5 Å². The molecule has 0 bridgehead atoms. The number of rotatable bonds is 3. The summed E-state index contributed by atoms with van der Waals surface area (Å²) in [4.78, 5) is 12.4. The van der Waals surface area contributed by atoms with Gasteiger partial charge in [0.25, 0.3) is 0 Å². The third-order valence-electron chi connectivity index (χ3n) is 5.08. The minimum absolute atomic E-state index is 0.00404. The average molecular weight is 332 g/mol. The Balaban J connectivity index is 1.57. The van der Waals surface area contributed by atoms with E-state index in [4.69, 9.17) is 4.74 Å². The van der Waals surface area contributed by atoms with Gasteiger partial charge >= 0.3 is 6.03 Å². The second kappa shape index (κ2) is 7.99. The first-order valence-corrected chi connectivity index (χ1v) is 9.05. The van der Waals surface area contributed by atoms with Gasteiger partial charge in [0.2, 0.25) is 0 Å². The maximum atomic E-state index is 12.4. The molecule has 1 aromatic carbocycles. The van der Waals surface area contributed by atoms with Crippen LogP contribution in [-0.4, -0.2) is 35.9 Å². The molecule has 1 aliphatic heterocycles. The molecule has 2 aliphatic rings. The molecule has 2 atom stereocenters. The minimum atomic E-state index is -0.205. The van der Waals surface area contributed by atoms with E-state index in [1.807, 2.05) is 0 Å². The van der Waals surface area contributed by atoms with E-state index in [1.54, 1.807) is 0 Å². The van der Waals surface area contributed by atoms with Gasteiger partial charge in [-0.1, -0.05) is 29.8 Å². The highest BCUT2D eigenvalue weighted by molar-refractivity contribution is 5.74. The van der Waals surface area contributed by atoms with Crippen molar-refractivity contribution in [2.24, 2.45) is 0 Å². The fraction of sp³-hybridized carbons (Fsp3) is 0.632.